The molecule has 1 heterocycles. The number of halogens is 2. The Labute approximate surface area is 141 Å². The minimum atomic E-state index is -0.143. The van der Waals surface area contributed by atoms with E-state index in [0.717, 1.165) is 22.7 Å². The number of amides is 1. The molecule has 0 fully saturated rings. The molecule has 0 atom stereocenters. The molecular formula is C13H13Cl2N3OS2. The Morgan fingerprint density at radius 2 is 2.19 bits per heavy atom. The van der Waals surface area contributed by atoms with E-state index in [1.165, 1.54) is 23.1 Å². The number of aromatic nitrogens is 2. The molecule has 0 spiro atoms. The number of hydrogen-bond acceptors (Lipinski definition) is 5. The van der Waals surface area contributed by atoms with Crippen LogP contribution >= 0.6 is 46.3 Å². The van der Waals surface area contributed by atoms with Gasteiger partial charge in [0.15, 0.2) is 0 Å². The van der Waals surface area contributed by atoms with E-state index in [1.807, 2.05) is 0 Å². The molecule has 0 aliphatic heterocycles. The SMILES string of the molecule is CCCc1nnc(NC(=O)CSc2cc(Cl)ccc2Cl)s1. The Hall–Kier alpha value is -0.820. The minimum absolute atomic E-state index is 0.143. The molecule has 0 saturated carbocycles. The first-order chi connectivity index (χ1) is 10.1. The van der Waals surface area contributed by atoms with Gasteiger partial charge in [-0.3, -0.25) is 10.1 Å². The summed E-state index contributed by atoms with van der Waals surface area (Å²) < 4.78 is 0. The van der Waals surface area contributed by atoms with Gasteiger partial charge in [0.1, 0.15) is 5.01 Å². The highest BCUT2D eigenvalue weighted by molar-refractivity contribution is 8.00. The summed E-state index contributed by atoms with van der Waals surface area (Å²) in [5.41, 5.74) is 0. The second-order valence-corrected chi connectivity index (χ2v) is 7.09. The normalized spacial score (nSPS) is 10.6. The summed E-state index contributed by atoms with van der Waals surface area (Å²) in [5.74, 6) is 0.0955. The fourth-order valence-corrected chi connectivity index (χ4v) is 3.66. The van der Waals surface area contributed by atoms with E-state index in [0.29, 0.717) is 15.2 Å². The quantitative estimate of drug-likeness (QED) is 0.767. The minimum Gasteiger partial charge on any atom is -0.300 e. The van der Waals surface area contributed by atoms with Crippen LogP contribution < -0.4 is 5.32 Å². The number of rotatable bonds is 6. The molecular weight excluding hydrogens is 349 g/mol. The summed E-state index contributed by atoms with van der Waals surface area (Å²) in [7, 11) is 0. The fourth-order valence-electron chi connectivity index (χ4n) is 1.51. The van der Waals surface area contributed by atoms with Crippen LogP contribution in [0.4, 0.5) is 5.13 Å². The van der Waals surface area contributed by atoms with E-state index in [-0.39, 0.29) is 11.7 Å². The first kappa shape index (κ1) is 16.5. The molecule has 21 heavy (non-hydrogen) atoms. The molecule has 8 heteroatoms. The largest absolute Gasteiger partial charge is 0.300 e. The molecule has 1 N–H and O–H groups in total. The molecule has 4 nitrogen and oxygen atoms in total. The van der Waals surface area contributed by atoms with Gasteiger partial charge >= 0.3 is 0 Å². The molecule has 0 unspecified atom stereocenters. The smallest absolute Gasteiger partial charge is 0.236 e. The van der Waals surface area contributed by atoms with Crippen LogP contribution in [0.25, 0.3) is 0 Å². The summed E-state index contributed by atoms with van der Waals surface area (Å²) in [6, 6.07) is 5.17. The van der Waals surface area contributed by atoms with Crippen LogP contribution in [0.1, 0.15) is 18.4 Å². The summed E-state index contributed by atoms with van der Waals surface area (Å²) in [6.07, 6.45) is 1.88. The second kappa shape index (κ2) is 7.98. The number of hydrogen-bond donors (Lipinski definition) is 1. The van der Waals surface area contributed by atoms with E-state index in [2.05, 4.69) is 22.4 Å². The number of aryl methyl sites for hydroxylation is 1. The number of anilines is 1. The van der Waals surface area contributed by atoms with Crippen molar-refractivity contribution in [3.05, 3.63) is 33.3 Å². The van der Waals surface area contributed by atoms with Gasteiger partial charge in [-0.25, -0.2) is 0 Å². The van der Waals surface area contributed by atoms with Crippen LogP contribution in [-0.2, 0) is 11.2 Å². The standard InChI is InChI=1S/C13H13Cl2N3OS2/c1-2-3-12-17-18-13(21-12)16-11(19)7-20-10-6-8(14)4-5-9(10)15/h4-6H,2-3,7H2,1H3,(H,16,18,19). The number of benzene rings is 1. The lowest BCUT2D eigenvalue weighted by atomic mass is 10.4. The maximum absolute atomic E-state index is 11.9. The molecule has 0 aliphatic rings. The maximum atomic E-state index is 11.9. The maximum Gasteiger partial charge on any atom is 0.236 e. The van der Waals surface area contributed by atoms with Gasteiger partial charge in [0.05, 0.1) is 10.8 Å². The van der Waals surface area contributed by atoms with Crippen LogP contribution in [0.2, 0.25) is 10.0 Å². The third kappa shape index (κ3) is 5.14. The van der Waals surface area contributed by atoms with Crippen LogP contribution in [0.15, 0.2) is 23.1 Å². The zero-order valence-corrected chi connectivity index (χ0v) is 14.4. The molecule has 1 aromatic carbocycles. The van der Waals surface area contributed by atoms with Gasteiger partial charge in [-0.15, -0.1) is 22.0 Å². The van der Waals surface area contributed by atoms with Crippen molar-refractivity contribution in [3.8, 4) is 0 Å². The second-order valence-electron chi connectivity index (χ2n) is 4.16. The Bertz CT molecular complexity index is 634. The molecule has 1 amide bonds. The van der Waals surface area contributed by atoms with Crippen LogP contribution in [0.3, 0.4) is 0 Å². The van der Waals surface area contributed by atoms with Crippen molar-refractivity contribution < 1.29 is 4.79 Å². The van der Waals surface area contributed by atoms with E-state index < -0.39 is 0 Å². The highest BCUT2D eigenvalue weighted by Crippen LogP contribution is 2.30. The molecule has 0 saturated heterocycles. The van der Waals surface area contributed by atoms with Gasteiger partial charge in [0.2, 0.25) is 11.0 Å². The molecule has 0 bridgehead atoms. The van der Waals surface area contributed by atoms with Gasteiger partial charge in [-0.05, 0) is 24.6 Å². The Balaban J connectivity index is 1.88. The molecule has 112 valence electrons. The topological polar surface area (TPSA) is 54.9 Å². The lowest BCUT2D eigenvalue weighted by Gasteiger charge is -2.04. The molecule has 1 aromatic heterocycles. The first-order valence-corrected chi connectivity index (χ1v) is 8.84. The van der Waals surface area contributed by atoms with Gasteiger partial charge in [-0.2, -0.15) is 0 Å². The van der Waals surface area contributed by atoms with E-state index in [9.17, 15) is 4.79 Å². The van der Waals surface area contributed by atoms with Gasteiger partial charge in [0.25, 0.3) is 0 Å². The molecule has 0 aliphatic carbocycles. The Kier molecular flexibility index (Phi) is 6.29. The first-order valence-electron chi connectivity index (χ1n) is 6.28. The lowest BCUT2D eigenvalue weighted by Crippen LogP contribution is -2.13. The van der Waals surface area contributed by atoms with Crippen molar-refractivity contribution in [2.24, 2.45) is 0 Å². The monoisotopic (exact) mass is 361 g/mol. The Morgan fingerprint density at radius 1 is 1.38 bits per heavy atom. The number of nitrogens with zero attached hydrogens (tertiary/aromatic N) is 2. The van der Waals surface area contributed by atoms with Crippen LogP contribution in [0, 0.1) is 0 Å². The summed E-state index contributed by atoms with van der Waals surface area (Å²) in [6.45, 7) is 2.07. The molecule has 2 aromatic rings. The van der Waals surface area contributed by atoms with Crippen molar-refractivity contribution in [2.75, 3.05) is 11.1 Å². The van der Waals surface area contributed by atoms with Gasteiger partial charge in [0, 0.05) is 16.3 Å². The number of nitrogens with one attached hydrogen (secondary N) is 1. The molecule has 0 radical (unpaired) electrons. The van der Waals surface area contributed by atoms with Crippen molar-refractivity contribution in [1.29, 1.82) is 0 Å². The van der Waals surface area contributed by atoms with Gasteiger partial charge < -0.3 is 0 Å². The number of thioether (sulfide) groups is 1. The number of carbonyl (C=O) groups is 1. The third-order valence-electron chi connectivity index (χ3n) is 2.43. The van der Waals surface area contributed by atoms with Crippen molar-refractivity contribution in [2.45, 2.75) is 24.7 Å². The predicted octanol–water partition coefficient (Wildman–Crippen LogP) is 4.53. The Morgan fingerprint density at radius 3 is 2.95 bits per heavy atom. The highest BCUT2D eigenvalue weighted by Gasteiger charge is 2.10. The average molecular weight is 362 g/mol. The third-order valence-corrected chi connectivity index (χ3v) is 5.06. The van der Waals surface area contributed by atoms with E-state index in [1.54, 1.807) is 18.2 Å². The van der Waals surface area contributed by atoms with Gasteiger partial charge in [-0.1, -0.05) is 41.5 Å². The van der Waals surface area contributed by atoms with Crippen molar-refractivity contribution in [1.82, 2.24) is 10.2 Å². The summed E-state index contributed by atoms with van der Waals surface area (Å²) >= 11 is 14.7. The highest BCUT2D eigenvalue weighted by atomic mass is 35.5. The van der Waals surface area contributed by atoms with Crippen molar-refractivity contribution in [3.63, 3.8) is 0 Å². The van der Waals surface area contributed by atoms with Crippen LogP contribution in [0.5, 0.6) is 0 Å². The average Bonchev–Trinajstić information content (AvgIpc) is 2.87. The summed E-state index contributed by atoms with van der Waals surface area (Å²) in [4.78, 5) is 12.7. The van der Waals surface area contributed by atoms with E-state index >= 15 is 0 Å². The summed E-state index contributed by atoms with van der Waals surface area (Å²) in [5, 5.41) is 13.3. The van der Waals surface area contributed by atoms with E-state index in [4.69, 9.17) is 23.2 Å². The fraction of sp³-hybridized carbons (Fsp3) is 0.308. The lowest BCUT2D eigenvalue weighted by molar-refractivity contribution is -0.113. The van der Waals surface area contributed by atoms with Crippen molar-refractivity contribution >= 4 is 57.3 Å². The number of carbonyl (C=O) groups excluding carboxylic acids is 1. The molecule has 2 rings (SSSR count). The predicted molar refractivity (Wildman–Crippen MR) is 89.7 cm³/mol. The zero-order chi connectivity index (χ0) is 15.2. The van der Waals surface area contributed by atoms with Crippen LogP contribution in [-0.4, -0.2) is 21.9 Å². The zero-order valence-electron chi connectivity index (χ0n) is 11.2.